The van der Waals surface area contributed by atoms with Gasteiger partial charge in [-0.15, -0.1) is 0 Å². The summed E-state index contributed by atoms with van der Waals surface area (Å²) >= 11 is 0. The molecule has 2 atom stereocenters. The van der Waals surface area contributed by atoms with Crippen molar-refractivity contribution in [3.05, 3.63) is 30.1 Å². The molecule has 4 nitrogen and oxygen atoms in total. The molecule has 1 saturated carbocycles. The average molecular weight is 264 g/mol. The quantitative estimate of drug-likeness (QED) is 0.821. The van der Waals surface area contributed by atoms with Gasteiger partial charge in [0, 0.05) is 43.9 Å². The van der Waals surface area contributed by atoms with E-state index in [1.807, 2.05) is 19.1 Å². The van der Waals surface area contributed by atoms with Crippen molar-refractivity contribution in [1.29, 1.82) is 0 Å². The van der Waals surface area contributed by atoms with Gasteiger partial charge in [0.2, 0.25) is 0 Å². The Bertz CT molecular complexity index is 408. The summed E-state index contributed by atoms with van der Waals surface area (Å²) in [4.78, 5) is 3.99. The van der Waals surface area contributed by atoms with Gasteiger partial charge in [0.15, 0.2) is 0 Å². The van der Waals surface area contributed by atoms with Crippen molar-refractivity contribution in [2.24, 2.45) is 5.41 Å². The summed E-state index contributed by atoms with van der Waals surface area (Å²) in [5.74, 6) is 0. The van der Waals surface area contributed by atoms with Crippen LogP contribution in [0.4, 0.5) is 0 Å². The predicted molar refractivity (Wildman–Crippen MR) is 74.7 cm³/mol. The number of nitrogens with zero attached hydrogens (tertiary/aromatic N) is 1. The highest BCUT2D eigenvalue weighted by atomic mass is 16.5. The van der Waals surface area contributed by atoms with E-state index in [-0.39, 0.29) is 11.5 Å². The van der Waals surface area contributed by atoms with Crippen LogP contribution in [-0.4, -0.2) is 34.9 Å². The summed E-state index contributed by atoms with van der Waals surface area (Å²) in [5, 5.41) is 14.0. The van der Waals surface area contributed by atoms with Crippen LogP contribution in [0.5, 0.6) is 0 Å². The Morgan fingerprint density at radius 1 is 1.42 bits per heavy atom. The van der Waals surface area contributed by atoms with Gasteiger partial charge in [-0.1, -0.05) is 13.8 Å². The largest absolute Gasteiger partial charge is 0.388 e. The zero-order valence-electron chi connectivity index (χ0n) is 12.0. The molecule has 0 unspecified atom stereocenters. The number of hydrogen-bond donors (Lipinski definition) is 2. The van der Waals surface area contributed by atoms with Gasteiger partial charge < -0.3 is 15.2 Å². The van der Waals surface area contributed by atoms with Crippen LogP contribution in [0.1, 0.15) is 32.8 Å². The number of rotatable bonds is 6. The van der Waals surface area contributed by atoms with E-state index in [9.17, 15) is 5.11 Å². The van der Waals surface area contributed by atoms with Gasteiger partial charge in [0.25, 0.3) is 0 Å². The summed E-state index contributed by atoms with van der Waals surface area (Å²) in [6, 6.07) is 3.96. The Kier molecular flexibility index (Phi) is 4.23. The molecule has 0 aliphatic heterocycles. The second-order valence-corrected chi connectivity index (χ2v) is 5.86. The van der Waals surface area contributed by atoms with E-state index in [4.69, 9.17) is 4.74 Å². The molecule has 1 fully saturated rings. The van der Waals surface area contributed by atoms with Gasteiger partial charge in [-0.2, -0.15) is 0 Å². The molecule has 0 amide bonds. The van der Waals surface area contributed by atoms with Crippen molar-refractivity contribution in [2.75, 3.05) is 13.2 Å². The van der Waals surface area contributed by atoms with Crippen LogP contribution >= 0.6 is 0 Å². The molecule has 0 aromatic carbocycles. The fourth-order valence-electron chi connectivity index (χ4n) is 2.68. The van der Waals surface area contributed by atoms with Crippen molar-refractivity contribution in [3.63, 3.8) is 0 Å². The average Bonchev–Trinajstić information content (AvgIpc) is 2.40. The second-order valence-electron chi connectivity index (χ2n) is 5.86. The molecule has 1 aliphatic carbocycles. The second kappa shape index (κ2) is 5.57. The third-order valence-electron chi connectivity index (χ3n) is 4.39. The predicted octanol–water partition coefficient (Wildman–Crippen LogP) is 1.74. The van der Waals surface area contributed by atoms with Crippen LogP contribution in [0.15, 0.2) is 24.5 Å². The lowest BCUT2D eigenvalue weighted by atomic mass is 9.56. The van der Waals surface area contributed by atoms with E-state index >= 15 is 0 Å². The Morgan fingerprint density at radius 2 is 2.11 bits per heavy atom. The maximum atomic E-state index is 10.7. The lowest BCUT2D eigenvalue weighted by molar-refractivity contribution is -0.238. The molecule has 0 radical (unpaired) electrons. The van der Waals surface area contributed by atoms with Crippen LogP contribution in [-0.2, 0) is 11.3 Å². The monoisotopic (exact) mass is 264 g/mol. The number of hydrogen-bond acceptors (Lipinski definition) is 4. The standard InChI is InChI=1S/C15H24N2O2/c1-4-19-13-9-15(18,14(13,2)3)11-17-10-12-5-7-16-8-6-12/h5-8,13,17-18H,4,9-11H2,1-3H3/t13-,15-/m1/s1. The summed E-state index contributed by atoms with van der Waals surface area (Å²) in [5.41, 5.74) is 0.297. The maximum Gasteiger partial charge on any atom is 0.0871 e. The van der Waals surface area contributed by atoms with Crippen molar-refractivity contribution in [1.82, 2.24) is 10.3 Å². The number of aliphatic hydroxyl groups is 1. The van der Waals surface area contributed by atoms with Crippen LogP contribution in [0, 0.1) is 5.41 Å². The van der Waals surface area contributed by atoms with Gasteiger partial charge in [0.1, 0.15) is 0 Å². The molecule has 106 valence electrons. The van der Waals surface area contributed by atoms with Crippen molar-refractivity contribution >= 4 is 0 Å². The van der Waals surface area contributed by atoms with Crippen LogP contribution in [0.25, 0.3) is 0 Å². The molecular formula is C15H24N2O2. The molecule has 1 aromatic heterocycles. The Hall–Kier alpha value is -0.970. The van der Waals surface area contributed by atoms with Crippen molar-refractivity contribution < 1.29 is 9.84 Å². The zero-order chi connectivity index (χ0) is 13.9. The highest BCUT2D eigenvalue weighted by Crippen LogP contribution is 2.50. The van der Waals surface area contributed by atoms with E-state index in [1.54, 1.807) is 12.4 Å². The van der Waals surface area contributed by atoms with Gasteiger partial charge >= 0.3 is 0 Å². The smallest absolute Gasteiger partial charge is 0.0871 e. The Labute approximate surface area is 115 Å². The SMILES string of the molecule is CCO[C@@H]1C[C@@](O)(CNCc2ccncc2)C1(C)C. The Balaban J connectivity index is 1.83. The molecule has 1 heterocycles. The minimum atomic E-state index is -0.681. The summed E-state index contributed by atoms with van der Waals surface area (Å²) < 4.78 is 5.66. The van der Waals surface area contributed by atoms with E-state index < -0.39 is 5.60 Å². The third-order valence-corrected chi connectivity index (χ3v) is 4.39. The third kappa shape index (κ3) is 2.81. The van der Waals surface area contributed by atoms with Gasteiger partial charge in [-0.3, -0.25) is 4.98 Å². The van der Waals surface area contributed by atoms with Crippen molar-refractivity contribution in [3.8, 4) is 0 Å². The lowest BCUT2D eigenvalue weighted by Gasteiger charge is -2.58. The fourth-order valence-corrected chi connectivity index (χ4v) is 2.68. The molecule has 2 N–H and O–H groups in total. The van der Waals surface area contributed by atoms with E-state index in [2.05, 4.69) is 24.1 Å². The van der Waals surface area contributed by atoms with Gasteiger partial charge in [-0.25, -0.2) is 0 Å². The molecule has 4 heteroatoms. The van der Waals surface area contributed by atoms with E-state index in [1.165, 1.54) is 5.56 Å². The Morgan fingerprint density at radius 3 is 2.68 bits per heavy atom. The molecule has 1 aliphatic rings. The summed E-state index contributed by atoms with van der Waals surface area (Å²) in [7, 11) is 0. The zero-order valence-corrected chi connectivity index (χ0v) is 12.0. The molecule has 19 heavy (non-hydrogen) atoms. The normalized spacial score (nSPS) is 28.9. The highest BCUT2D eigenvalue weighted by Gasteiger charge is 2.59. The molecule has 1 aromatic rings. The van der Waals surface area contributed by atoms with Crippen LogP contribution in [0.3, 0.4) is 0 Å². The molecule has 2 rings (SSSR count). The minimum absolute atomic E-state index is 0.158. The first-order valence-corrected chi connectivity index (χ1v) is 6.93. The first-order chi connectivity index (χ1) is 8.99. The number of aromatic nitrogens is 1. The molecule has 0 saturated heterocycles. The maximum absolute atomic E-state index is 10.7. The molecular weight excluding hydrogens is 240 g/mol. The van der Waals surface area contributed by atoms with Gasteiger partial charge in [0.05, 0.1) is 11.7 Å². The fraction of sp³-hybridized carbons (Fsp3) is 0.667. The molecule has 0 bridgehead atoms. The van der Waals surface area contributed by atoms with E-state index in [0.717, 1.165) is 6.54 Å². The van der Waals surface area contributed by atoms with Gasteiger partial charge in [-0.05, 0) is 24.6 Å². The topological polar surface area (TPSA) is 54.4 Å². The minimum Gasteiger partial charge on any atom is -0.388 e. The summed E-state index contributed by atoms with van der Waals surface area (Å²) in [6.07, 6.45) is 4.43. The van der Waals surface area contributed by atoms with Crippen LogP contribution in [0.2, 0.25) is 0 Å². The highest BCUT2D eigenvalue weighted by molar-refractivity contribution is 5.13. The first kappa shape index (κ1) is 14.4. The number of pyridine rings is 1. The number of ether oxygens (including phenoxy) is 1. The van der Waals surface area contributed by atoms with Crippen LogP contribution < -0.4 is 5.32 Å². The summed E-state index contributed by atoms with van der Waals surface area (Å²) in [6.45, 7) is 8.19. The number of nitrogens with one attached hydrogen (secondary N) is 1. The lowest BCUT2D eigenvalue weighted by Crippen LogP contribution is -2.68. The van der Waals surface area contributed by atoms with Crippen molar-refractivity contribution in [2.45, 2.75) is 45.4 Å². The first-order valence-electron chi connectivity index (χ1n) is 6.93. The van der Waals surface area contributed by atoms with E-state index in [0.29, 0.717) is 19.6 Å². The molecule has 0 spiro atoms.